The Morgan fingerprint density at radius 3 is 2.39 bits per heavy atom. The molecule has 4 rings (SSSR count). The molecule has 2 aromatic carbocycles. The van der Waals surface area contributed by atoms with Crippen molar-refractivity contribution in [3.8, 4) is 10.6 Å². The van der Waals surface area contributed by atoms with Crippen LogP contribution < -0.4 is 10.0 Å². The largest absolute Gasteiger partial charge is 0.324 e. The normalized spacial score (nSPS) is 15.7. The van der Waals surface area contributed by atoms with Gasteiger partial charge in [0.05, 0.1) is 15.0 Å². The summed E-state index contributed by atoms with van der Waals surface area (Å²) in [5.41, 5.74) is 3.94. The smallest absolute Gasteiger partial charge is 0.321 e. The van der Waals surface area contributed by atoms with E-state index in [0.29, 0.717) is 25.9 Å². The van der Waals surface area contributed by atoms with Gasteiger partial charge in [-0.25, -0.2) is 22.9 Å². The minimum Gasteiger partial charge on any atom is -0.324 e. The van der Waals surface area contributed by atoms with E-state index in [2.05, 4.69) is 29.1 Å². The highest BCUT2D eigenvalue weighted by molar-refractivity contribution is 7.90. The molecule has 0 saturated carbocycles. The summed E-state index contributed by atoms with van der Waals surface area (Å²) in [6.45, 7) is 8.13. The van der Waals surface area contributed by atoms with Gasteiger partial charge < -0.3 is 10.2 Å². The summed E-state index contributed by atoms with van der Waals surface area (Å²) in [6, 6.07) is 13.6. The molecule has 1 aliphatic rings. The van der Waals surface area contributed by atoms with E-state index in [9.17, 15) is 13.2 Å². The molecule has 33 heavy (non-hydrogen) atoms. The van der Waals surface area contributed by atoms with Gasteiger partial charge in [0, 0.05) is 30.4 Å². The van der Waals surface area contributed by atoms with Crippen molar-refractivity contribution in [1.82, 2.24) is 14.6 Å². The van der Waals surface area contributed by atoms with E-state index in [4.69, 9.17) is 4.98 Å². The Kier molecular flexibility index (Phi) is 6.48. The number of nitrogens with one attached hydrogen (secondary N) is 2. The third kappa shape index (κ3) is 5.37. The zero-order chi connectivity index (χ0) is 23.8. The number of benzene rings is 2. The topological polar surface area (TPSA) is 91.4 Å². The van der Waals surface area contributed by atoms with Crippen LogP contribution in [-0.2, 0) is 10.0 Å². The van der Waals surface area contributed by atoms with Crippen LogP contribution in [0.1, 0.15) is 39.2 Å². The van der Waals surface area contributed by atoms with Crippen molar-refractivity contribution in [2.45, 2.75) is 51.3 Å². The van der Waals surface area contributed by atoms with Gasteiger partial charge in [0.15, 0.2) is 0 Å². The van der Waals surface area contributed by atoms with Gasteiger partial charge in [0.2, 0.25) is 10.0 Å². The average molecular weight is 487 g/mol. The fraction of sp³-hybridized carbons (Fsp3) is 0.417. The predicted molar refractivity (Wildman–Crippen MR) is 135 cm³/mol. The molecule has 1 aliphatic heterocycles. The van der Waals surface area contributed by atoms with Gasteiger partial charge in [-0.05, 0) is 82.5 Å². The minimum atomic E-state index is -3.39. The third-order valence-electron chi connectivity index (χ3n) is 5.84. The first-order chi connectivity index (χ1) is 15.5. The molecular weight excluding hydrogens is 456 g/mol. The first kappa shape index (κ1) is 23.7. The maximum absolute atomic E-state index is 12.7. The number of carbonyl (C=O) groups excluding carboxylic acids is 1. The summed E-state index contributed by atoms with van der Waals surface area (Å²) in [7, 11) is -3.39. The highest BCUT2D eigenvalue weighted by Gasteiger charge is 2.33. The second kappa shape index (κ2) is 9.04. The predicted octanol–water partition coefficient (Wildman–Crippen LogP) is 4.99. The molecule has 2 amide bonds. The minimum absolute atomic E-state index is 0.143. The van der Waals surface area contributed by atoms with Crippen molar-refractivity contribution in [1.29, 1.82) is 0 Å². The second-order valence-electron chi connectivity index (χ2n) is 9.49. The number of sulfonamides is 1. The summed E-state index contributed by atoms with van der Waals surface area (Å²) in [5.74, 6) is 0. The number of likely N-dealkylation sites (tertiary alicyclic amines) is 1. The molecule has 1 fully saturated rings. The van der Waals surface area contributed by atoms with Crippen LogP contribution in [-0.4, -0.2) is 48.2 Å². The quantitative estimate of drug-likeness (QED) is 0.544. The molecule has 0 bridgehead atoms. The van der Waals surface area contributed by atoms with Gasteiger partial charge in [-0.3, -0.25) is 0 Å². The molecular formula is C24H30N4O3S2. The lowest BCUT2D eigenvalue weighted by Crippen LogP contribution is -2.50. The Balaban J connectivity index is 1.33. The number of amides is 2. The Morgan fingerprint density at radius 2 is 1.76 bits per heavy atom. The number of aromatic nitrogens is 1. The monoisotopic (exact) mass is 486 g/mol. The van der Waals surface area contributed by atoms with E-state index in [1.54, 1.807) is 37.0 Å². The zero-order valence-corrected chi connectivity index (χ0v) is 21.0. The molecule has 176 valence electrons. The van der Waals surface area contributed by atoms with Crippen molar-refractivity contribution >= 4 is 43.3 Å². The number of nitrogens with zero attached hydrogens (tertiary/aromatic N) is 2. The molecule has 1 aromatic heterocycles. The molecule has 0 radical (unpaired) electrons. The van der Waals surface area contributed by atoms with Crippen LogP contribution in [0.25, 0.3) is 20.8 Å². The lowest BCUT2D eigenvalue weighted by atomic mass is 10.1. The highest BCUT2D eigenvalue weighted by Crippen LogP contribution is 2.31. The van der Waals surface area contributed by atoms with Gasteiger partial charge >= 0.3 is 6.03 Å². The maximum Gasteiger partial charge on any atom is 0.321 e. The second-order valence-corrected chi connectivity index (χ2v) is 13.0. The maximum atomic E-state index is 12.7. The molecule has 2 N–H and O–H groups in total. The summed E-state index contributed by atoms with van der Waals surface area (Å²) >= 11 is 1.66. The van der Waals surface area contributed by atoms with Gasteiger partial charge in [-0.1, -0.05) is 6.07 Å². The number of aryl methyl sites for hydroxylation is 1. The number of fused-ring (bicyclic) bond motifs is 1. The van der Waals surface area contributed by atoms with Gasteiger partial charge in [0.1, 0.15) is 5.01 Å². The van der Waals surface area contributed by atoms with Gasteiger partial charge in [-0.15, -0.1) is 11.3 Å². The summed E-state index contributed by atoms with van der Waals surface area (Å²) in [5, 5.41) is 3.90. The van der Waals surface area contributed by atoms with E-state index < -0.39 is 14.8 Å². The summed E-state index contributed by atoms with van der Waals surface area (Å²) in [4.78, 5) is 19.1. The fourth-order valence-corrected chi connectivity index (χ4v) is 5.75. The number of piperidine rings is 1. The number of carbonyl (C=O) groups is 1. The summed E-state index contributed by atoms with van der Waals surface area (Å²) < 4.78 is 27.8. The number of hydrogen-bond acceptors (Lipinski definition) is 5. The molecule has 0 aliphatic carbocycles. The van der Waals surface area contributed by atoms with E-state index in [-0.39, 0.29) is 12.1 Å². The molecule has 2 heterocycles. The first-order valence-electron chi connectivity index (χ1n) is 11.1. The Hall–Kier alpha value is -2.49. The van der Waals surface area contributed by atoms with Crippen LogP contribution in [0.5, 0.6) is 0 Å². The molecule has 0 unspecified atom stereocenters. The Morgan fingerprint density at radius 1 is 1.09 bits per heavy atom. The van der Waals surface area contributed by atoms with E-state index in [1.165, 1.54) is 5.56 Å². The van der Waals surface area contributed by atoms with E-state index >= 15 is 0 Å². The number of hydrogen-bond donors (Lipinski definition) is 2. The number of thiazole rings is 1. The number of anilines is 1. The molecule has 9 heteroatoms. The van der Waals surface area contributed by atoms with Crippen molar-refractivity contribution in [2.75, 3.05) is 18.4 Å². The fourth-order valence-electron chi connectivity index (χ4n) is 3.65. The van der Waals surface area contributed by atoms with Crippen molar-refractivity contribution in [3.63, 3.8) is 0 Å². The van der Waals surface area contributed by atoms with Crippen LogP contribution in [0.3, 0.4) is 0 Å². The molecule has 3 aromatic rings. The van der Waals surface area contributed by atoms with Crippen molar-refractivity contribution in [2.24, 2.45) is 0 Å². The van der Waals surface area contributed by atoms with Crippen molar-refractivity contribution < 1.29 is 13.2 Å². The van der Waals surface area contributed by atoms with Crippen LogP contribution in [0.4, 0.5) is 10.5 Å². The zero-order valence-electron chi connectivity index (χ0n) is 19.4. The van der Waals surface area contributed by atoms with Crippen LogP contribution in [0.2, 0.25) is 0 Å². The lowest BCUT2D eigenvalue weighted by Gasteiger charge is -2.33. The summed E-state index contributed by atoms with van der Waals surface area (Å²) in [6.07, 6.45) is 1.19. The molecule has 0 spiro atoms. The molecule has 7 nitrogen and oxygen atoms in total. The van der Waals surface area contributed by atoms with Crippen LogP contribution in [0.15, 0.2) is 42.5 Å². The van der Waals surface area contributed by atoms with E-state index in [0.717, 1.165) is 26.5 Å². The third-order valence-corrected chi connectivity index (χ3v) is 9.16. The standard InChI is InChI=1S/C24H30N4O3S2/c1-16-5-10-20-21(15-16)32-22(26-20)17-6-8-18(9-7-17)25-23(29)28-13-11-19(12-14-28)27-33(30,31)24(2,3)4/h5-10,15,19,27H,11-14H2,1-4H3,(H,25,29). The SMILES string of the molecule is Cc1ccc2nc(-c3ccc(NC(=O)N4CCC(NS(=O)(=O)C(C)(C)C)CC4)cc3)sc2c1. The number of rotatable bonds is 4. The number of urea groups is 1. The lowest BCUT2D eigenvalue weighted by molar-refractivity contribution is 0.193. The van der Waals surface area contributed by atoms with Crippen LogP contribution >= 0.6 is 11.3 Å². The van der Waals surface area contributed by atoms with E-state index in [1.807, 2.05) is 30.3 Å². The highest BCUT2D eigenvalue weighted by atomic mass is 32.2. The molecule has 1 saturated heterocycles. The average Bonchev–Trinajstić information content (AvgIpc) is 3.17. The Bertz CT molecular complexity index is 1250. The van der Waals surface area contributed by atoms with Gasteiger partial charge in [-0.2, -0.15) is 0 Å². The van der Waals surface area contributed by atoms with Crippen molar-refractivity contribution in [3.05, 3.63) is 48.0 Å². The molecule has 0 atom stereocenters. The van der Waals surface area contributed by atoms with Crippen LogP contribution in [0, 0.1) is 6.92 Å². The van der Waals surface area contributed by atoms with Gasteiger partial charge in [0.25, 0.3) is 0 Å². The Labute approximate surface area is 199 Å². The first-order valence-corrected chi connectivity index (χ1v) is 13.4.